The van der Waals surface area contributed by atoms with E-state index >= 15 is 0 Å². The van der Waals surface area contributed by atoms with Gasteiger partial charge in [0.1, 0.15) is 0 Å². The molecule has 1 amide bonds. The summed E-state index contributed by atoms with van der Waals surface area (Å²) in [4.78, 5) is 38.3. The average Bonchev–Trinajstić information content (AvgIpc) is 3.06. The van der Waals surface area contributed by atoms with Crippen LogP contribution in [0, 0.1) is 15.5 Å². The molecule has 2 bridgehead atoms. The Hall–Kier alpha value is -3.42. The Kier molecular flexibility index (Phi) is 3.96. The maximum atomic E-state index is 13.7. The summed E-state index contributed by atoms with van der Waals surface area (Å²) in [7, 11) is 0. The van der Waals surface area contributed by atoms with E-state index in [9.17, 15) is 14.9 Å². The van der Waals surface area contributed by atoms with Gasteiger partial charge in [-0.2, -0.15) is 0 Å². The Morgan fingerprint density at radius 3 is 2.61 bits per heavy atom. The summed E-state index contributed by atoms with van der Waals surface area (Å²) in [6.07, 6.45) is 4.93. The van der Waals surface area contributed by atoms with E-state index in [0.29, 0.717) is 29.7 Å². The summed E-state index contributed by atoms with van der Waals surface area (Å²) < 4.78 is 0. The van der Waals surface area contributed by atoms with Crippen molar-refractivity contribution in [1.29, 1.82) is 0 Å². The second kappa shape index (κ2) is 6.29. The van der Waals surface area contributed by atoms with Crippen LogP contribution in [-0.2, 0) is 22.2 Å². The van der Waals surface area contributed by atoms with Gasteiger partial charge in [0.05, 0.1) is 32.8 Å². The number of benzene rings is 1. The van der Waals surface area contributed by atoms with E-state index in [0.717, 1.165) is 17.7 Å². The normalized spacial score (nSPS) is 25.4. The van der Waals surface area contributed by atoms with E-state index in [1.807, 2.05) is 12.1 Å². The molecule has 8 nitrogen and oxygen atoms in total. The molecule has 1 aromatic carbocycles. The van der Waals surface area contributed by atoms with Crippen LogP contribution in [0.5, 0.6) is 0 Å². The fraction of sp³-hybridized carbons (Fsp3) is 0.391. The summed E-state index contributed by atoms with van der Waals surface area (Å²) in [6, 6.07) is 8.28. The number of nitrogens with one attached hydrogen (secondary N) is 1. The third-order valence-corrected chi connectivity index (χ3v) is 7.80. The molecule has 0 aliphatic heterocycles. The number of amides is 1. The van der Waals surface area contributed by atoms with Gasteiger partial charge in [-0.1, -0.05) is 26.8 Å². The third-order valence-electron chi connectivity index (χ3n) is 7.80. The summed E-state index contributed by atoms with van der Waals surface area (Å²) in [5, 5.41) is 14.3. The molecule has 1 saturated carbocycles. The number of nitro groups is 1. The van der Waals surface area contributed by atoms with E-state index in [2.05, 4.69) is 31.1 Å². The minimum absolute atomic E-state index is 0.0366. The van der Waals surface area contributed by atoms with Gasteiger partial charge < -0.3 is 5.32 Å². The number of carbonyl (C=O) groups excluding carboxylic acids is 1. The number of aromatic nitrogens is 3. The van der Waals surface area contributed by atoms with Crippen molar-refractivity contribution in [2.45, 2.75) is 51.0 Å². The van der Waals surface area contributed by atoms with Crippen LogP contribution in [0.3, 0.4) is 0 Å². The van der Waals surface area contributed by atoms with Crippen LogP contribution in [0.15, 0.2) is 42.7 Å². The smallest absolute Gasteiger partial charge is 0.271 e. The third kappa shape index (κ3) is 2.41. The van der Waals surface area contributed by atoms with Gasteiger partial charge in [-0.3, -0.25) is 19.9 Å². The zero-order valence-electron chi connectivity index (χ0n) is 17.7. The Morgan fingerprint density at radius 1 is 1.13 bits per heavy atom. The molecule has 5 rings (SSSR count). The summed E-state index contributed by atoms with van der Waals surface area (Å²) in [6.45, 7) is 6.75. The zero-order chi connectivity index (χ0) is 22.0. The first kappa shape index (κ1) is 19.5. The molecule has 1 fully saturated rings. The van der Waals surface area contributed by atoms with E-state index in [-0.39, 0.29) is 17.0 Å². The van der Waals surface area contributed by atoms with Crippen molar-refractivity contribution >= 4 is 22.6 Å². The fourth-order valence-corrected chi connectivity index (χ4v) is 5.54. The summed E-state index contributed by atoms with van der Waals surface area (Å²) in [5.74, 6) is -0.0806. The minimum Gasteiger partial charge on any atom is -0.351 e. The molecular formula is C23H23N5O3. The minimum atomic E-state index is -0.842. The lowest BCUT2D eigenvalue weighted by Crippen LogP contribution is -2.51. The molecule has 2 heterocycles. The molecule has 3 aromatic rings. The van der Waals surface area contributed by atoms with Crippen molar-refractivity contribution in [2.24, 2.45) is 5.41 Å². The molecule has 2 atom stereocenters. The highest BCUT2D eigenvalue weighted by Gasteiger charge is 2.73. The lowest BCUT2D eigenvalue weighted by molar-refractivity contribution is -0.384. The maximum absolute atomic E-state index is 13.7. The molecule has 2 aliphatic carbocycles. The number of nitro benzene ring substituents is 1. The number of hydrogen-bond donors (Lipinski definition) is 1. The molecule has 8 heteroatoms. The number of carbonyl (C=O) groups is 1. The van der Waals surface area contributed by atoms with Gasteiger partial charge in [-0.05, 0) is 36.0 Å². The molecule has 2 aliphatic rings. The van der Waals surface area contributed by atoms with Gasteiger partial charge in [0.15, 0.2) is 0 Å². The largest absolute Gasteiger partial charge is 0.351 e. The Labute approximate surface area is 179 Å². The number of fused-ring (bicyclic) bond motifs is 6. The highest BCUT2D eigenvalue weighted by Crippen LogP contribution is 2.70. The number of non-ortho nitro benzene ring substituents is 1. The molecule has 0 saturated heterocycles. The van der Waals surface area contributed by atoms with E-state index in [4.69, 9.17) is 9.97 Å². The van der Waals surface area contributed by atoms with Crippen molar-refractivity contribution in [3.63, 3.8) is 0 Å². The molecule has 158 valence electrons. The number of nitrogens with zero attached hydrogens (tertiary/aromatic N) is 4. The summed E-state index contributed by atoms with van der Waals surface area (Å²) >= 11 is 0. The van der Waals surface area contributed by atoms with E-state index in [1.165, 1.54) is 12.1 Å². The topological polar surface area (TPSA) is 111 Å². The van der Waals surface area contributed by atoms with Crippen LogP contribution in [0.2, 0.25) is 0 Å². The van der Waals surface area contributed by atoms with Crippen molar-refractivity contribution in [1.82, 2.24) is 20.3 Å². The fourth-order valence-electron chi connectivity index (χ4n) is 5.54. The molecule has 1 N–H and O–H groups in total. The predicted octanol–water partition coefficient (Wildman–Crippen LogP) is 3.58. The monoisotopic (exact) mass is 417 g/mol. The van der Waals surface area contributed by atoms with Crippen LogP contribution < -0.4 is 5.32 Å². The molecule has 2 unspecified atom stereocenters. The molecule has 0 spiro atoms. The van der Waals surface area contributed by atoms with Gasteiger partial charge in [0.2, 0.25) is 5.91 Å². The van der Waals surface area contributed by atoms with Crippen LogP contribution in [0.25, 0.3) is 11.0 Å². The number of rotatable bonds is 4. The Bertz CT molecular complexity index is 1240. The van der Waals surface area contributed by atoms with E-state index < -0.39 is 15.8 Å². The number of pyridine rings is 1. The van der Waals surface area contributed by atoms with E-state index in [1.54, 1.807) is 18.5 Å². The molecular weight excluding hydrogens is 394 g/mol. The highest BCUT2D eigenvalue weighted by atomic mass is 16.6. The lowest BCUT2D eigenvalue weighted by atomic mass is 9.63. The maximum Gasteiger partial charge on any atom is 0.271 e. The molecule has 31 heavy (non-hydrogen) atoms. The highest BCUT2D eigenvalue weighted by molar-refractivity contribution is 5.93. The molecule has 0 radical (unpaired) electrons. The first-order valence-electron chi connectivity index (χ1n) is 10.3. The second-order valence-electron chi connectivity index (χ2n) is 9.26. The van der Waals surface area contributed by atoms with Crippen molar-refractivity contribution in [3.05, 3.63) is 69.8 Å². The first-order chi connectivity index (χ1) is 14.7. The van der Waals surface area contributed by atoms with Gasteiger partial charge in [0, 0.05) is 36.5 Å². The summed E-state index contributed by atoms with van der Waals surface area (Å²) in [5.41, 5.74) is 1.87. The lowest BCUT2D eigenvalue weighted by Gasteiger charge is -2.39. The Balaban J connectivity index is 1.64. The molecule has 2 aromatic heterocycles. The first-order valence-corrected chi connectivity index (χ1v) is 10.3. The predicted molar refractivity (Wildman–Crippen MR) is 114 cm³/mol. The van der Waals surface area contributed by atoms with Crippen molar-refractivity contribution in [3.8, 4) is 0 Å². The van der Waals surface area contributed by atoms with Crippen molar-refractivity contribution < 1.29 is 9.72 Å². The average molecular weight is 417 g/mol. The second-order valence-corrected chi connectivity index (χ2v) is 9.26. The van der Waals surface area contributed by atoms with Crippen LogP contribution in [-0.4, -0.2) is 25.8 Å². The van der Waals surface area contributed by atoms with Gasteiger partial charge in [0.25, 0.3) is 5.69 Å². The van der Waals surface area contributed by atoms with Crippen LogP contribution in [0.4, 0.5) is 5.69 Å². The SMILES string of the molecule is CC12CCC(C(=O)NCc3cccnc3)(c3nc4cc([N+](=O)[O-])ccc4nc31)C2(C)C. The standard InChI is InChI=1S/C23H23N5O3/c1-21(2)22(3)8-9-23(21,20(29)25-13-14-5-4-10-24-12-14)19-18(22)26-16-7-6-15(28(30)31)11-17(16)27-19/h4-7,10-12H,8-9,13H2,1-3H3,(H,25,29). The number of hydrogen-bond acceptors (Lipinski definition) is 6. The van der Waals surface area contributed by atoms with Crippen molar-refractivity contribution in [2.75, 3.05) is 0 Å². The van der Waals surface area contributed by atoms with Crippen LogP contribution in [0.1, 0.15) is 50.6 Å². The van der Waals surface area contributed by atoms with Gasteiger partial charge in [-0.25, -0.2) is 9.97 Å². The van der Waals surface area contributed by atoms with Gasteiger partial charge in [-0.15, -0.1) is 0 Å². The van der Waals surface area contributed by atoms with Gasteiger partial charge >= 0.3 is 0 Å². The Morgan fingerprint density at radius 2 is 1.90 bits per heavy atom. The zero-order valence-corrected chi connectivity index (χ0v) is 17.7. The quantitative estimate of drug-likeness (QED) is 0.513. The van der Waals surface area contributed by atoms with Crippen LogP contribution >= 0.6 is 0 Å².